The van der Waals surface area contributed by atoms with Gasteiger partial charge in [-0.3, -0.25) is 0 Å². The molecule has 0 atom stereocenters. The summed E-state index contributed by atoms with van der Waals surface area (Å²) in [5, 5.41) is 0. The van der Waals surface area contributed by atoms with Gasteiger partial charge in [-0.1, -0.05) is 25.7 Å². The Hall–Kier alpha value is -0.290. The number of hydrogen-bond acceptors (Lipinski definition) is 1. The zero-order valence-corrected chi connectivity index (χ0v) is 15.2. The van der Waals surface area contributed by atoms with Crippen LogP contribution in [-0.4, -0.2) is 15.4 Å². The van der Waals surface area contributed by atoms with E-state index in [1.807, 2.05) is 0 Å². The van der Waals surface area contributed by atoms with Gasteiger partial charge in [0.2, 0.25) is 0 Å². The second-order valence-electron chi connectivity index (χ2n) is 6.04. The second kappa shape index (κ2) is 7.32. The van der Waals surface area contributed by atoms with E-state index in [1.165, 1.54) is 47.6 Å². The minimum Gasteiger partial charge on any atom is -0.328 e. The predicted octanol–water partition coefficient (Wildman–Crippen LogP) is 5.39. The van der Waals surface area contributed by atoms with Gasteiger partial charge in [-0.2, -0.15) is 0 Å². The summed E-state index contributed by atoms with van der Waals surface area (Å²) in [6, 6.07) is 6.54. The Kier molecular flexibility index (Phi) is 5.43. The Morgan fingerprint density at radius 1 is 1.29 bits per heavy atom. The van der Waals surface area contributed by atoms with Crippen LogP contribution in [0, 0.1) is 9.49 Å². The van der Waals surface area contributed by atoms with Crippen LogP contribution in [-0.2, 0) is 13.0 Å². The molecule has 0 bridgehead atoms. The molecular formula is C17H22ClIN2. The maximum absolute atomic E-state index is 5.95. The number of aromatic nitrogens is 2. The van der Waals surface area contributed by atoms with Crippen molar-refractivity contribution in [3.63, 3.8) is 0 Å². The van der Waals surface area contributed by atoms with E-state index in [1.54, 1.807) is 0 Å². The standard InChI is InChI=1S/C17H22ClIN2/c18-10-9-17-20-15-12-14(19)7-8-16(15)21(17)11-3-6-13-4-1-2-5-13/h7-8,12-13H,1-6,9-11H2. The summed E-state index contributed by atoms with van der Waals surface area (Å²) in [6.45, 7) is 1.08. The van der Waals surface area contributed by atoms with Crippen LogP contribution in [0.25, 0.3) is 11.0 Å². The number of halogens is 2. The van der Waals surface area contributed by atoms with Crippen LogP contribution < -0.4 is 0 Å². The number of aryl methyl sites for hydroxylation is 2. The van der Waals surface area contributed by atoms with E-state index in [9.17, 15) is 0 Å². The largest absolute Gasteiger partial charge is 0.328 e. The van der Waals surface area contributed by atoms with Crippen LogP contribution >= 0.6 is 34.2 Å². The zero-order valence-electron chi connectivity index (χ0n) is 12.3. The summed E-state index contributed by atoms with van der Waals surface area (Å²) >= 11 is 8.30. The van der Waals surface area contributed by atoms with Crippen molar-refractivity contribution < 1.29 is 0 Å². The number of nitrogens with zero attached hydrogens (tertiary/aromatic N) is 2. The molecule has 1 aromatic heterocycles. The first-order chi connectivity index (χ1) is 10.3. The number of imidazole rings is 1. The average Bonchev–Trinajstić information content (AvgIpc) is 3.08. The first-order valence-electron chi connectivity index (χ1n) is 7.98. The highest BCUT2D eigenvalue weighted by Gasteiger charge is 2.15. The molecule has 0 unspecified atom stereocenters. The lowest BCUT2D eigenvalue weighted by Crippen LogP contribution is -2.06. The van der Waals surface area contributed by atoms with Gasteiger partial charge < -0.3 is 4.57 Å². The number of fused-ring (bicyclic) bond motifs is 1. The van der Waals surface area contributed by atoms with E-state index in [2.05, 4.69) is 45.4 Å². The fourth-order valence-electron chi connectivity index (χ4n) is 3.51. The Bertz CT molecular complexity index is 602. The van der Waals surface area contributed by atoms with Crippen molar-refractivity contribution in [2.45, 2.75) is 51.5 Å². The number of alkyl halides is 1. The monoisotopic (exact) mass is 416 g/mol. The molecule has 1 fully saturated rings. The quantitative estimate of drug-likeness (QED) is 0.456. The zero-order chi connectivity index (χ0) is 14.7. The van der Waals surface area contributed by atoms with Crippen molar-refractivity contribution in [2.24, 2.45) is 5.92 Å². The van der Waals surface area contributed by atoms with Crippen LogP contribution in [0.5, 0.6) is 0 Å². The lowest BCUT2D eigenvalue weighted by Gasteiger charge is -2.11. The maximum atomic E-state index is 5.95. The van der Waals surface area contributed by atoms with Crippen molar-refractivity contribution in [2.75, 3.05) is 5.88 Å². The first kappa shape index (κ1) is 15.6. The fraction of sp³-hybridized carbons (Fsp3) is 0.588. The van der Waals surface area contributed by atoms with Gasteiger partial charge in [0.15, 0.2) is 0 Å². The minimum atomic E-state index is 0.642. The average molecular weight is 417 g/mol. The molecule has 114 valence electrons. The summed E-state index contributed by atoms with van der Waals surface area (Å²) in [4.78, 5) is 4.79. The minimum absolute atomic E-state index is 0.642. The molecule has 0 radical (unpaired) electrons. The Labute approximate surface area is 145 Å². The molecule has 1 saturated carbocycles. The molecule has 3 rings (SSSR count). The summed E-state index contributed by atoms with van der Waals surface area (Å²) < 4.78 is 3.64. The summed E-state index contributed by atoms with van der Waals surface area (Å²) in [5.74, 6) is 2.76. The third kappa shape index (κ3) is 3.73. The van der Waals surface area contributed by atoms with Crippen LogP contribution in [0.3, 0.4) is 0 Å². The van der Waals surface area contributed by atoms with E-state index >= 15 is 0 Å². The molecule has 2 aromatic rings. The lowest BCUT2D eigenvalue weighted by molar-refractivity contribution is 0.458. The molecular weight excluding hydrogens is 395 g/mol. The lowest BCUT2D eigenvalue weighted by atomic mass is 10.0. The maximum Gasteiger partial charge on any atom is 0.111 e. The van der Waals surface area contributed by atoms with Gasteiger partial charge in [0.05, 0.1) is 11.0 Å². The number of rotatable bonds is 6. The molecule has 1 aliphatic carbocycles. The van der Waals surface area contributed by atoms with Gasteiger partial charge in [-0.25, -0.2) is 4.98 Å². The van der Waals surface area contributed by atoms with Crippen molar-refractivity contribution in [3.8, 4) is 0 Å². The highest BCUT2D eigenvalue weighted by Crippen LogP contribution is 2.29. The Morgan fingerprint density at radius 3 is 2.86 bits per heavy atom. The number of benzene rings is 1. The molecule has 1 heterocycles. The van der Waals surface area contributed by atoms with Crippen molar-refractivity contribution in [1.29, 1.82) is 0 Å². The molecule has 4 heteroatoms. The van der Waals surface area contributed by atoms with Gasteiger partial charge in [0.25, 0.3) is 0 Å². The third-order valence-electron chi connectivity index (χ3n) is 4.58. The molecule has 0 N–H and O–H groups in total. The molecule has 0 saturated heterocycles. The van der Waals surface area contributed by atoms with Gasteiger partial charge >= 0.3 is 0 Å². The molecule has 21 heavy (non-hydrogen) atoms. The molecule has 0 amide bonds. The summed E-state index contributed by atoms with van der Waals surface area (Å²) in [7, 11) is 0. The smallest absolute Gasteiger partial charge is 0.111 e. The molecule has 1 aromatic carbocycles. The SMILES string of the molecule is ClCCc1nc2cc(I)ccc2n1CCCC1CCCC1. The third-order valence-corrected chi connectivity index (χ3v) is 5.44. The predicted molar refractivity (Wildman–Crippen MR) is 98.1 cm³/mol. The summed E-state index contributed by atoms with van der Waals surface area (Å²) in [5.41, 5.74) is 2.38. The van der Waals surface area contributed by atoms with Crippen LogP contribution in [0.2, 0.25) is 0 Å². The normalized spacial score (nSPS) is 16.1. The highest BCUT2D eigenvalue weighted by molar-refractivity contribution is 14.1. The van der Waals surface area contributed by atoms with Gasteiger partial charge in [-0.15, -0.1) is 11.6 Å². The topological polar surface area (TPSA) is 17.8 Å². The van der Waals surface area contributed by atoms with Crippen molar-refractivity contribution >= 4 is 45.2 Å². The van der Waals surface area contributed by atoms with E-state index in [0.29, 0.717) is 5.88 Å². The molecule has 0 aliphatic heterocycles. The molecule has 0 spiro atoms. The van der Waals surface area contributed by atoms with Crippen LogP contribution in [0.15, 0.2) is 18.2 Å². The van der Waals surface area contributed by atoms with E-state index in [0.717, 1.165) is 30.2 Å². The number of hydrogen-bond donors (Lipinski definition) is 0. The van der Waals surface area contributed by atoms with E-state index in [-0.39, 0.29) is 0 Å². The Balaban J connectivity index is 1.76. The molecule has 1 aliphatic rings. The van der Waals surface area contributed by atoms with Crippen LogP contribution in [0.4, 0.5) is 0 Å². The van der Waals surface area contributed by atoms with Gasteiger partial charge in [0.1, 0.15) is 5.82 Å². The Morgan fingerprint density at radius 2 is 2.10 bits per heavy atom. The van der Waals surface area contributed by atoms with Crippen LogP contribution in [0.1, 0.15) is 44.3 Å². The second-order valence-corrected chi connectivity index (χ2v) is 7.67. The van der Waals surface area contributed by atoms with Gasteiger partial charge in [0, 0.05) is 22.4 Å². The highest BCUT2D eigenvalue weighted by atomic mass is 127. The van der Waals surface area contributed by atoms with E-state index < -0.39 is 0 Å². The van der Waals surface area contributed by atoms with Crippen molar-refractivity contribution in [3.05, 3.63) is 27.6 Å². The summed E-state index contributed by atoms with van der Waals surface area (Å²) in [6.07, 6.45) is 9.25. The van der Waals surface area contributed by atoms with Gasteiger partial charge in [-0.05, 0) is 59.5 Å². The molecule has 2 nitrogen and oxygen atoms in total. The van der Waals surface area contributed by atoms with Crippen molar-refractivity contribution in [1.82, 2.24) is 9.55 Å². The first-order valence-corrected chi connectivity index (χ1v) is 9.60. The van der Waals surface area contributed by atoms with E-state index in [4.69, 9.17) is 16.6 Å². The fourth-order valence-corrected chi connectivity index (χ4v) is 4.16.